The molecular weight excluding hydrogens is 937 g/mol. The molecule has 0 aliphatic carbocycles. The van der Waals surface area contributed by atoms with Crippen molar-refractivity contribution in [2.45, 2.75) is 303 Å². The molecule has 434 valence electrons. The summed E-state index contributed by atoms with van der Waals surface area (Å²) in [5.41, 5.74) is 0. The predicted molar refractivity (Wildman–Crippen MR) is 330 cm³/mol. The normalized spacial score (nSPS) is 12.8. The van der Waals surface area contributed by atoms with Crippen LogP contribution in [0, 0.1) is 0 Å². The average molecular weight is 1060 g/mol. The Balaban J connectivity index is 4.43. The monoisotopic (exact) mass is 1050 g/mol. The van der Waals surface area contributed by atoms with Crippen LogP contribution < -0.4 is 0 Å². The van der Waals surface area contributed by atoms with Crippen molar-refractivity contribution in [3.63, 3.8) is 0 Å². The number of unbranched alkanes of at least 4 members (excludes halogenated alkanes) is 28. The third-order valence-corrected chi connectivity index (χ3v) is 13.5. The van der Waals surface area contributed by atoms with Crippen LogP contribution in [-0.2, 0) is 28.6 Å². The minimum Gasteiger partial charge on any atom is -0.462 e. The highest BCUT2D eigenvalue weighted by Crippen LogP contribution is 2.15. The fraction of sp³-hybridized carbons (Fsp3) is 0.700. The maximum Gasteiger partial charge on any atom is 0.306 e. The van der Waals surface area contributed by atoms with Crippen molar-refractivity contribution in [1.82, 2.24) is 0 Å². The van der Waals surface area contributed by atoms with Crippen LogP contribution in [-0.4, -0.2) is 37.2 Å². The molecular formula is C70H118O6. The van der Waals surface area contributed by atoms with Crippen molar-refractivity contribution in [2.75, 3.05) is 13.2 Å². The van der Waals surface area contributed by atoms with Gasteiger partial charge in [-0.05, 0) is 122 Å². The van der Waals surface area contributed by atoms with Crippen LogP contribution in [0.1, 0.15) is 297 Å². The summed E-state index contributed by atoms with van der Waals surface area (Å²) in [6.45, 7) is 6.47. The molecule has 0 N–H and O–H groups in total. The summed E-state index contributed by atoms with van der Waals surface area (Å²) in [7, 11) is 0. The van der Waals surface area contributed by atoms with E-state index in [1.54, 1.807) is 0 Å². The predicted octanol–water partition coefficient (Wildman–Crippen LogP) is 21.8. The molecule has 0 aliphatic heterocycles. The second-order valence-corrected chi connectivity index (χ2v) is 20.9. The SMILES string of the molecule is CC/C=C\C/C=C\C/C=C\C/C=C\C/C=C\C/C=C\CCCCCCC(=O)OCC(COC(=O)CCCCCCC/C=C\C/C=C\CCCC)OC(=O)CCCCCCCCCCC/C=C\CCCCCCCCCC. The van der Waals surface area contributed by atoms with Crippen LogP contribution >= 0.6 is 0 Å². The minimum absolute atomic E-state index is 0.0951. The molecule has 0 radical (unpaired) electrons. The van der Waals surface area contributed by atoms with Crippen LogP contribution in [0.25, 0.3) is 0 Å². The van der Waals surface area contributed by atoms with Crippen molar-refractivity contribution >= 4 is 17.9 Å². The molecule has 0 aliphatic rings. The molecule has 0 aromatic heterocycles. The Bertz CT molecular complexity index is 1540. The third-order valence-electron chi connectivity index (χ3n) is 13.5. The van der Waals surface area contributed by atoms with E-state index in [0.717, 1.165) is 135 Å². The Morgan fingerprint density at radius 2 is 0.526 bits per heavy atom. The molecule has 0 heterocycles. The van der Waals surface area contributed by atoms with Crippen LogP contribution in [0.5, 0.6) is 0 Å². The van der Waals surface area contributed by atoms with Gasteiger partial charge in [-0.3, -0.25) is 14.4 Å². The number of esters is 3. The molecule has 76 heavy (non-hydrogen) atoms. The summed E-state index contributed by atoms with van der Waals surface area (Å²) in [5.74, 6) is -0.929. The zero-order valence-corrected chi connectivity index (χ0v) is 49.7. The van der Waals surface area contributed by atoms with Crippen LogP contribution in [0.4, 0.5) is 0 Å². The molecule has 0 aromatic carbocycles. The molecule has 0 aromatic rings. The molecule has 0 rings (SSSR count). The second kappa shape index (κ2) is 63.6. The average Bonchev–Trinajstić information content (AvgIpc) is 3.42. The molecule has 6 heteroatoms. The molecule has 0 spiro atoms. The quantitative estimate of drug-likeness (QED) is 0.0261. The van der Waals surface area contributed by atoms with Gasteiger partial charge in [0.25, 0.3) is 0 Å². The first kappa shape index (κ1) is 72.1. The van der Waals surface area contributed by atoms with E-state index in [9.17, 15) is 14.4 Å². The van der Waals surface area contributed by atoms with E-state index in [-0.39, 0.29) is 31.1 Å². The Morgan fingerprint density at radius 3 is 0.855 bits per heavy atom. The van der Waals surface area contributed by atoms with E-state index < -0.39 is 6.10 Å². The van der Waals surface area contributed by atoms with Gasteiger partial charge in [-0.2, -0.15) is 0 Å². The minimum atomic E-state index is -0.799. The standard InChI is InChI=1S/C70H118O6/c1-4-7-10-13-16-19-22-25-28-30-32-34-35-37-38-40-42-45-48-51-54-57-60-63-69(72)75-66-67(65-74-68(71)62-59-56-53-50-47-44-27-24-21-18-15-12-9-6-3)76-70(73)64-61-58-55-52-49-46-43-41-39-36-33-31-29-26-23-20-17-14-11-8-5-2/h7,10,15-16,18-19,24-25,27-28,31-34,37-38,42,45,67H,4-6,8-9,11-14,17,20-23,26,29-30,35-36,39-41,43-44,46-66H2,1-3H3/b10-7-,18-15-,19-16-,27-24-,28-25-,33-31-,34-32-,38-37-,45-42-. The number of rotatable bonds is 57. The van der Waals surface area contributed by atoms with Crippen molar-refractivity contribution in [3.05, 3.63) is 109 Å². The van der Waals surface area contributed by atoms with Gasteiger partial charge in [0.1, 0.15) is 13.2 Å². The van der Waals surface area contributed by atoms with Gasteiger partial charge < -0.3 is 14.2 Å². The maximum atomic E-state index is 12.9. The maximum absolute atomic E-state index is 12.9. The highest BCUT2D eigenvalue weighted by molar-refractivity contribution is 5.71. The lowest BCUT2D eigenvalue weighted by atomic mass is 10.1. The van der Waals surface area contributed by atoms with Gasteiger partial charge in [0.2, 0.25) is 0 Å². The Kier molecular flexibility index (Phi) is 60.3. The molecule has 6 nitrogen and oxygen atoms in total. The van der Waals surface area contributed by atoms with Gasteiger partial charge in [-0.25, -0.2) is 0 Å². The van der Waals surface area contributed by atoms with Crippen LogP contribution in [0.15, 0.2) is 109 Å². The second-order valence-electron chi connectivity index (χ2n) is 20.9. The van der Waals surface area contributed by atoms with Gasteiger partial charge in [-0.15, -0.1) is 0 Å². The Labute approximate surface area is 470 Å². The third kappa shape index (κ3) is 60.9. The van der Waals surface area contributed by atoms with E-state index >= 15 is 0 Å². The van der Waals surface area contributed by atoms with E-state index in [1.165, 1.54) is 122 Å². The molecule has 1 atom stereocenters. The number of hydrogen-bond acceptors (Lipinski definition) is 6. The lowest BCUT2D eigenvalue weighted by Crippen LogP contribution is -2.30. The smallest absolute Gasteiger partial charge is 0.306 e. The summed E-state index contributed by atoms with van der Waals surface area (Å²) in [5, 5.41) is 0. The zero-order valence-electron chi connectivity index (χ0n) is 49.7. The van der Waals surface area contributed by atoms with Crippen molar-refractivity contribution in [2.24, 2.45) is 0 Å². The van der Waals surface area contributed by atoms with Gasteiger partial charge in [0, 0.05) is 19.3 Å². The summed E-state index contributed by atoms with van der Waals surface area (Å²) in [6.07, 6.45) is 86.6. The molecule has 1 unspecified atom stereocenters. The van der Waals surface area contributed by atoms with Crippen molar-refractivity contribution in [1.29, 1.82) is 0 Å². The van der Waals surface area contributed by atoms with E-state index in [0.29, 0.717) is 19.3 Å². The number of carbonyl (C=O) groups excluding carboxylic acids is 3. The zero-order chi connectivity index (χ0) is 55.0. The van der Waals surface area contributed by atoms with Crippen LogP contribution in [0.3, 0.4) is 0 Å². The number of ether oxygens (including phenoxy) is 3. The van der Waals surface area contributed by atoms with Crippen molar-refractivity contribution in [3.8, 4) is 0 Å². The number of hydrogen-bond donors (Lipinski definition) is 0. The van der Waals surface area contributed by atoms with Gasteiger partial charge in [0.05, 0.1) is 0 Å². The summed E-state index contributed by atoms with van der Waals surface area (Å²) < 4.78 is 16.9. The molecule has 0 saturated heterocycles. The Morgan fingerprint density at radius 1 is 0.276 bits per heavy atom. The summed E-state index contributed by atoms with van der Waals surface area (Å²) in [6, 6.07) is 0. The largest absolute Gasteiger partial charge is 0.462 e. The number of carbonyl (C=O) groups is 3. The van der Waals surface area contributed by atoms with Gasteiger partial charge in [0.15, 0.2) is 6.10 Å². The molecule has 0 fully saturated rings. The fourth-order valence-electron chi connectivity index (χ4n) is 8.69. The van der Waals surface area contributed by atoms with Gasteiger partial charge in [-0.1, -0.05) is 265 Å². The van der Waals surface area contributed by atoms with E-state index in [2.05, 4.69) is 130 Å². The summed E-state index contributed by atoms with van der Waals surface area (Å²) in [4.78, 5) is 38.3. The van der Waals surface area contributed by atoms with E-state index in [1.807, 2.05) is 0 Å². The van der Waals surface area contributed by atoms with Gasteiger partial charge >= 0.3 is 17.9 Å². The topological polar surface area (TPSA) is 78.9 Å². The summed E-state index contributed by atoms with van der Waals surface area (Å²) >= 11 is 0. The van der Waals surface area contributed by atoms with Crippen molar-refractivity contribution < 1.29 is 28.6 Å². The lowest BCUT2D eigenvalue weighted by molar-refractivity contribution is -0.167. The molecule has 0 amide bonds. The Hall–Kier alpha value is -3.93. The first-order chi connectivity index (χ1) is 37.5. The molecule has 0 bridgehead atoms. The first-order valence-electron chi connectivity index (χ1n) is 31.9. The highest BCUT2D eigenvalue weighted by Gasteiger charge is 2.19. The first-order valence-corrected chi connectivity index (χ1v) is 31.9. The number of allylic oxidation sites excluding steroid dienone is 18. The lowest BCUT2D eigenvalue weighted by Gasteiger charge is -2.18. The highest BCUT2D eigenvalue weighted by atomic mass is 16.6. The van der Waals surface area contributed by atoms with E-state index in [4.69, 9.17) is 14.2 Å². The van der Waals surface area contributed by atoms with Crippen LogP contribution in [0.2, 0.25) is 0 Å². The fourth-order valence-corrected chi connectivity index (χ4v) is 8.69. The molecule has 0 saturated carbocycles.